The Balaban J connectivity index is 1.54. The van der Waals surface area contributed by atoms with Crippen LogP contribution >= 0.6 is 0 Å². The Kier molecular flexibility index (Phi) is 4.53. The number of hydrogen-bond donors (Lipinski definition) is 1. The van der Waals surface area contributed by atoms with Gasteiger partial charge in [-0.05, 0) is 37.8 Å². The van der Waals surface area contributed by atoms with Gasteiger partial charge in [0.05, 0.1) is 12.2 Å². The minimum absolute atomic E-state index is 0.164. The normalized spacial score (nSPS) is 23.5. The number of fused-ring (bicyclic) bond motifs is 1. The largest absolute Gasteiger partial charge is 0.342 e. The minimum atomic E-state index is 0.164. The maximum atomic E-state index is 12.8. The van der Waals surface area contributed by atoms with Crippen molar-refractivity contribution in [3.8, 4) is 0 Å². The molecule has 2 atom stereocenters. The van der Waals surface area contributed by atoms with Crippen molar-refractivity contribution in [2.45, 2.75) is 38.1 Å². The third-order valence-corrected chi connectivity index (χ3v) is 5.38. The van der Waals surface area contributed by atoms with Gasteiger partial charge >= 0.3 is 0 Å². The van der Waals surface area contributed by atoms with Crippen molar-refractivity contribution in [2.75, 3.05) is 19.6 Å². The van der Waals surface area contributed by atoms with Crippen LogP contribution in [-0.4, -0.2) is 45.2 Å². The fourth-order valence-corrected chi connectivity index (χ4v) is 4.07. The molecule has 1 aliphatic heterocycles. The summed E-state index contributed by atoms with van der Waals surface area (Å²) in [6.45, 7) is 2.80. The van der Waals surface area contributed by atoms with Gasteiger partial charge in [-0.25, -0.2) is 9.67 Å². The Morgan fingerprint density at radius 1 is 1.32 bits per heavy atom. The summed E-state index contributed by atoms with van der Waals surface area (Å²) in [7, 11) is 0. The number of aromatic nitrogens is 3. The topological polar surface area (TPSA) is 77.0 Å². The van der Waals surface area contributed by atoms with Gasteiger partial charge in [0.25, 0.3) is 0 Å². The number of nitrogens with zero attached hydrogens (tertiary/aromatic N) is 4. The van der Waals surface area contributed by atoms with Crippen LogP contribution in [0.25, 0.3) is 11.0 Å². The lowest BCUT2D eigenvalue weighted by Crippen LogP contribution is -2.34. The number of carbonyl (C=O) groups excluding carboxylic acids is 1. The number of rotatable bonds is 4. The summed E-state index contributed by atoms with van der Waals surface area (Å²) in [5.41, 5.74) is 7.67. The first kappa shape index (κ1) is 16.3. The quantitative estimate of drug-likeness (QED) is 0.865. The third kappa shape index (κ3) is 3.06. The highest BCUT2D eigenvalue weighted by Crippen LogP contribution is 2.33. The van der Waals surface area contributed by atoms with Crippen molar-refractivity contribution in [3.05, 3.63) is 36.2 Å². The predicted octanol–water partition coefficient (Wildman–Crippen LogP) is 2.06. The van der Waals surface area contributed by atoms with Crippen LogP contribution in [0.1, 0.15) is 37.3 Å². The standard InChI is InChI=1S/C19H25N5O/c20-9-12-24-18-16(7-4-10-21-18)17(22-24)15-8-11-23(13-15)19(25)14-5-2-1-3-6-14/h1-2,4,7,10,14-15H,3,5-6,8-9,11-13,20H2/t14-,15-/m1/s1. The molecule has 2 aromatic heterocycles. The number of hydrogen-bond acceptors (Lipinski definition) is 4. The first-order chi connectivity index (χ1) is 12.3. The van der Waals surface area contributed by atoms with E-state index in [-0.39, 0.29) is 11.8 Å². The molecular weight excluding hydrogens is 314 g/mol. The van der Waals surface area contributed by atoms with Crippen LogP contribution in [0, 0.1) is 5.92 Å². The van der Waals surface area contributed by atoms with E-state index < -0.39 is 0 Å². The van der Waals surface area contributed by atoms with Crippen molar-refractivity contribution in [3.63, 3.8) is 0 Å². The van der Waals surface area contributed by atoms with E-state index in [4.69, 9.17) is 10.8 Å². The fourth-order valence-electron chi connectivity index (χ4n) is 4.07. The Morgan fingerprint density at radius 3 is 3.04 bits per heavy atom. The summed E-state index contributed by atoms with van der Waals surface area (Å²) in [5, 5.41) is 5.89. The van der Waals surface area contributed by atoms with Gasteiger partial charge in [-0.15, -0.1) is 0 Å². The maximum Gasteiger partial charge on any atom is 0.226 e. The average molecular weight is 339 g/mol. The summed E-state index contributed by atoms with van der Waals surface area (Å²) >= 11 is 0. The van der Waals surface area contributed by atoms with Gasteiger partial charge in [0.15, 0.2) is 5.65 Å². The molecule has 4 rings (SSSR count). The lowest BCUT2D eigenvalue weighted by molar-refractivity contribution is -0.134. The summed E-state index contributed by atoms with van der Waals surface area (Å²) < 4.78 is 1.90. The maximum absolute atomic E-state index is 12.8. The van der Waals surface area contributed by atoms with Crippen LogP contribution in [-0.2, 0) is 11.3 Å². The van der Waals surface area contributed by atoms with E-state index in [2.05, 4.69) is 23.2 Å². The molecule has 1 amide bonds. The highest BCUT2D eigenvalue weighted by Gasteiger charge is 2.33. The molecule has 6 nitrogen and oxygen atoms in total. The number of amides is 1. The van der Waals surface area contributed by atoms with E-state index >= 15 is 0 Å². The van der Waals surface area contributed by atoms with Crippen molar-refractivity contribution in [1.82, 2.24) is 19.7 Å². The number of carbonyl (C=O) groups is 1. The van der Waals surface area contributed by atoms with E-state index in [1.165, 1.54) is 0 Å². The van der Waals surface area contributed by atoms with Gasteiger partial charge in [-0.2, -0.15) is 5.10 Å². The molecule has 0 unspecified atom stereocenters. The molecule has 2 aromatic rings. The minimum Gasteiger partial charge on any atom is -0.342 e. The van der Waals surface area contributed by atoms with Crippen molar-refractivity contribution < 1.29 is 4.79 Å². The van der Waals surface area contributed by atoms with E-state index in [1.54, 1.807) is 6.20 Å². The zero-order chi connectivity index (χ0) is 17.2. The Bertz CT molecular complexity index is 796. The smallest absolute Gasteiger partial charge is 0.226 e. The van der Waals surface area contributed by atoms with Crippen LogP contribution in [0.3, 0.4) is 0 Å². The molecule has 25 heavy (non-hydrogen) atoms. The van der Waals surface area contributed by atoms with E-state index in [1.807, 2.05) is 15.6 Å². The SMILES string of the molecule is NCCn1nc([C@@H]2CCN(C(=O)[C@@H]3CC=CCC3)C2)c2cccnc21. The Hall–Kier alpha value is -2.21. The van der Waals surface area contributed by atoms with Crippen LogP contribution in [0.15, 0.2) is 30.5 Å². The molecule has 0 aromatic carbocycles. The molecule has 3 heterocycles. The first-order valence-electron chi connectivity index (χ1n) is 9.23. The molecule has 132 valence electrons. The van der Waals surface area contributed by atoms with E-state index in [0.717, 1.165) is 55.5 Å². The highest BCUT2D eigenvalue weighted by atomic mass is 16.2. The predicted molar refractivity (Wildman–Crippen MR) is 97.0 cm³/mol. The van der Waals surface area contributed by atoms with Crippen molar-refractivity contribution >= 4 is 16.9 Å². The van der Waals surface area contributed by atoms with Gasteiger partial charge in [0, 0.05) is 43.1 Å². The third-order valence-electron chi connectivity index (χ3n) is 5.38. The second-order valence-electron chi connectivity index (χ2n) is 7.02. The van der Waals surface area contributed by atoms with Gasteiger partial charge < -0.3 is 10.6 Å². The van der Waals surface area contributed by atoms with Crippen molar-refractivity contribution in [2.24, 2.45) is 11.7 Å². The van der Waals surface area contributed by atoms with Crippen LogP contribution in [0.4, 0.5) is 0 Å². The summed E-state index contributed by atoms with van der Waals surface area (Å²) in [6, 6.07) is 4.03. The molecule has 2 aliphatic rings. The molecule has 2 N–H and O–H groups in total. The molecule has 0 spiro atoms. The fraction of sp³-hybridized carbons (Fsp3) is 0.526. The second kappa shape index (κ2) is 6.96. The monoisotopic (exact) mass is 339 g/mol. The molecule has 0 saturated carbocycles. The zero-order valence-corrected chi connectivity index (χ0v) is 14.5. The van der Waals surface area contributed by atoms with Gasteiger partial charge in [-0.1, -0.05) is 12.2 Å². The summed E-state index contributed by atoms with van der Waals surface area (Å²) in [5.74, 6) is 0.765. The molecule has 0 radical (unpaired) electrons. The van der Waals surface area contributed by atoms with Crippen LogP contribution in [0.5, 0.6) is 0 Å². The number of likely N-dealkylation sites (tertiary alicyclic amines) is 1. The molecule has 1 fully saturated rings. The molecule has 6 heteroatoms. The van der Waals surface area contributed by atoms with Gasteiger partial charge in [-0.3, -0.25) is 4.79 Å². The van der Waals surface area contributed by atoms with E-state index in [0.29, 0.717) is 19.0 Å². The van der Waals surface area contributed by atoms with E-state index in [9.17, 15) is 4.79 Å². The number of nitrogens with two attached hydrogens (primary N) is 1. The Morgan fingerprint density at radius 2 is 2.24 bits per heavy atom. The van der Waals surface area contributed by atoms with Gasteiger partial charge in [0.2, 0.25) is 5.91 Å². The van der Waals surface area contributed by atoms with Crippen molar-refractivity contribution in [1.29, 1.82) is 0 Å². The lowest BCUT2D eigenvalue weighted by atomic mass is 9.93. The number of allylic oxidation sites excluding steroid dienone is 2. The summed E-state index contributed by atoms with van der Waals surface area (Å²) in [6.07, 6.45) is 9.98. The highest BCUT2D eigenvalue weighted by molar-refractivity contribution is 5.81. The zero-order valence-electron chi connectivity index (χ0n) is 14.5. The number of pyridine rings is 1. The first-order valence-corrected chi connectivity index (χ1v) is 9.23. The van der Waals surface area contributed by atoms with Crippen LogP contribution in [0.2, 0.25) is 0 Å². The molecule has 1 saturated heterocycles. The molecule has 0 bridgehead atoms. The van der Waals surface area contributed by atoms with Crippen LogP contribution < -0.4 is 5.73 Å². The molecular formula is C19H25N5O. The Labute approximate surface area is 147 Å². The lowest BCUT2D eigenvalue weighted by Gasteiger charge is -2.24. The average Bonchev–Trinajstić information content (AvgIpc) is 3.28. The van der Waals surface area contributed by atoms with Gasteiger partial charge in [0.1, 0.15) is 0 Å². The molecule has 1 aliphatic carbocycles. The summed E-state index contributed by atoms with van der Waals surface area (Å²) in [4.78, 5) is 19.3. The second-order valence-corrected chi connectivity index (χ2v) is 7.02.